The van der Waals surface area contributed by atoms with E-state index in [-0.39, 0.29) is 10.6 Å². The topological polar surface area (TPSA) is 104 Å². The van der Waals surface area contributed by atoms with E-state index < -0.39 is 10.1 Å². The molecule has 0 amide bonds. The van der Waals surface area contributed by atoms with Gasteiger partial charge in [0.2, 0.25) is 0 Å². The zero-order valence-electron chi connectivity index (χ0n) is 19.3. The van der Waals surface area contributed by atoms with Crippen molar-refractivity contribution >= 4 is 38.0 Å². The third-order valence-corrected chi connectivity index (χ3v) is 6.72. The van der Waals surface area contributed by atoms with Gasteiger partial charge >= 0.3 is 0 Å². The van der Waals surface area contributed by atoms with Gasteiger partial charge in [0.1, 0.15) is 16.3 Å². The van der Waals surface area contributed by atoms with Crippen molar-refractivity contribution in [3.05, 3.63) is 103 Å². The van der Waals surface area contributed by atoms with Crippen LogP contribution in [0.3, 0.4) is 0 Å². The summed E-state index contributed by atoms with van der Waals surface area (Å²) in [6.45, 7) is 0. The summed E-state index contributed by atoms with van der Waals surface area (Å²) in [6, 6.07) is 30.0. The molecule has 0 saturated heterocycles. The van der Waals surface area contributed by atoms with Crippen molar-refractivity contribution in [2.45, 2.75) is 4.90 Å². The standard InChI is InChI=1S/C28H22N4O3S/c1-29-28-24-14-8-7-13-23(24)27(36(33,34)35)17-26(28)32-31-20-15-16-25(30-18-20)22-12-6-5-11-21(22)19-9-3-2-4-10-19/h2-18,29H,1H3,(H,33,34,35). The van der Waals surface area contributed by atoms with E-state index in [2.05, 4.69) is 38.7 Å². The molecule has 0 fully saturated rings. The van der Waals surface area contributed by atoms with Crippen LogP contribution in [-0.4, -0.2) is 25.0 Å². The van der Waals surface area contributed by atoms with Gasteiger partial charge in [-0.05, 0) is 29.3 Å². The van der Waals surface area contributed by atoms with Crippen molar-refractivity contribution in [1.29, 1.82) is 0 Å². The number of hydrogen-bond acceptors (Lipinski definition) is 6. The molecule has 36 heavy (non-hydrogen) atoms. The number of anilines is 1. The van der Waals surface area contributed by atoms with E-state index >= 15 is 0 Å². The molecule has 8 heteroatoms. The number of pyridine rings is 1. The first-order valence-corrected chi connectivity index (χ1v) is 12.6. The van der Waals surface area contributed by atoms with Crippen LogP contribution in [0.25, 0.3) is 33.2 Å². The second kappa shape index (κ2) is 9.69. The van der Waals surface area contributed by atoms with Crippen LogP contribution in [0.4, 0.5) is 17.1 Å². The molecule has 0 radical (unpaired) electrons. The minimum absolute atomic E-state index is 0.225. The van der Waals surface area contributed by atoms with Crippen molar-refractivity contribution in [3.8, 4) is 22.4 Å². The van der Waals surface area contributed by atoms with Crippen LogP contribution in [0.5, 0.6) is 0 Å². The minimum Gasteiger partial charge on any atom is -0.386 e. The Hall–Kier alpha value is -4.40. The van der Waals surface area contributed by atoms with Crippen LogP contribution in [0.2, 0.25) is 0 Å². The highest BCUT2D eigenvalue weighted by atomic mass is 32.2. The molecule has 5 rings (SSSR count). The lowest BCUT2D eigenvalue weighted by Crippen LogP contribution is -2.01. The smallest absolute Gasteiger partial charge is 0.295 e. The highest BCUT2D eigenvalue weighted by molar-refractivity contribution is 7.86. The van der Waals surface area contributed by atoms with Crippen LogP contribution in [-0.2, 0) is 10.1 Å². The summed E-state index contributed by atoms with van der Waals surface area (Å²) < 4.78 is 33.8. The second-order valence-corrected chi connectivity index (χ2v) is 9.44. The highest BCUT2D eigenvalue weighted by Crippen LogP contribution is 2.38. The van der Waals surface area contributed by atoms with Crippen LogP contribution < -0.4 is 5.32 Å². The first-order valence-electron chi connectivity index (χ1n) is 11.2. The molecular weight excluding hydrogens is 472 g/mol. The van der Waals surface area contributed by atoms with Gasteiger partial charge in [0, 0.05) is 23.4 Å². The van der Waals surface area contributed by atoms with Gasteiger partial charge in [-0.15, -0.1) is 10.2 Å². The fraction of sp³-hybridized carbons (Fsp3) is 0.0357. The number of rotatable bonds is 6. The molecule has 0 aliphatic carbocycles. The van der Waals surface area contributed by atoms with E-state index in [4.69, 9.17) is 0 Å². The van der Waals surface area contributed by atoms with Gasteiger partial charge in [-0.2, -0.15) is 8.42 Å². The van der Waals surface area contributed by atoms with Crippen LogP contribution in [0, 0.1) is 0 Å². The molecule has 178 valence electrons. The lowest BCUT2D eigenvalue weighted by Gasteiger charge is -2.12. The lowest BCUT2D eigenvalue weighted by molar-refractivity contribution is 0.484. The molecule has 1 heterocycles. The molecular formula is C28H22N4O3S. The molecule has 0 saturated carbocycles. The molecule has 0 aliphatic rings. The molecule has 0 spiro atoms. The fourth-order valence-corrected chi connectivity index (χ4v) is 4.89. The Labute approximate surface area is 208 Å². The molecule has 0 aliphatic heterocycles. The number of benzene rings is 4. The highest BCUT2D eigenvalue weighted by Gasteiger charge is 2.19. The molecule has 1 aromatic heterocycles. The summed E-state index contributed by atoms with van der Waals surface area (Å²) >= 11 is 0. The number of aromatic nitrogens is 1. The number of azo groups is 1. The maximum absolute atomic E-state index is 12.0. The van der Waals surface area contributed by atoms with E-state index in [1.807, 2.05) is 42.5 Å². The molecule has 2 N–H and O–H groups in total. The van der Waals surface area contributed by atoms with Gasteiger partial charge in [0.25, 0.3) is 10.1 Å². The Kier molecular flexibility index (Phi) is 6.28. The van der Waals surface area contributed by atoms with E-state index in [0.717, 1.165) is 22.4 Å². The first kappa shape index (κ1) is 23.3. The number of nitrogens with zero attached hydrogens (tertiary/aromatic N) is 3. The first-order chi connectivity index (χ1) is 17.5. The summed E-state index contributed by atoms with van der Waals surface area (Å²) in [5.74, 6) is 0. The normalized spacial score (nSPS) is 11.7. The van der Waals surface area contributed by atoms with E-state index in [1.165, 1.54) is 6.07 Å². The largest absolute Gasteiger partial charge is 0.386 e. The third-order valence-electron chi connectivity index (χ3n) is 5.82. The van der Waals surface area contributed by atoms with Crippen molar-refractivity contribution in [2.75, 3.05) is 12.4 Å². The van der Waals surface area contributed by atoms with E-state index in [9.17, 15) is 13.0 Å². The number of hydrogen-bond donors (Lipinski definition) is 2. The summed E-state index contributed by atoms with van der Waals surface area (Å²) in [6.07, 6.45) is 1.62. The average molecular weight is 495 g/mol. The van der Waals surface area contributed by atoms with Crippen LogP contribution in [0.1, 0.15) is 0 Å². The zero-order chi connectivity index (χ0) is 25.1. The zero-order valence-corrected chi connectivity index (χ0v) is 20.1. The molecule has 0 unspecified atom stereocenters. The Morgan fingerprint density at radius 1 is 0.778 bits per heavy atom. The Morgan fingerprint density at radius 2 is 1.44 bits per heavy atom. The second-order valence-electron chi connectivity index (χ2n) is 8.05. The molecule has 0 bridgehead atoms. The van der Waals surface area contributed by atoms with Crippen LogP contribution in [0.15, 0.2) is 118 Å². The monoisotopic (exact) mass is 494 g/mol. The van der Waals surface area contributed by atoms with Crippen molar-refractivity contribution in [3.63, 3.8) is 0 Å². The predicted octanol–water partition coefficient (Wildman–Crippen LogP) is 7.27. The molecule has 5 aromatic rings. The Bertz CT molecular complexity index is 1680. The van der Waals surface area contributed by atoms with Gasteiger partial charge in [0.05, 0.1) is 17.6 Å². The predicted molar refractivity (Wildman–Crippen MR) is 143 cm³/mol. The number of fused-ring (bicyclic) bond motifs is 1. The van der Waals surface area contributed by atoms with E-state index in [1.54, 1.807) is 43.6 Å². The van der Waals surface area contributed by atoms with Crippen molar-refractivity contribution in [1.82, 2.24) is 4.98 Å². The lowest BCUT2D eigenvalue weighted by atomic mass is 9.97. The van der Waals surface area contributed by atoms with Gasteiger partial charge in [-0.3, -0.25) is 9.54 Å². The van der Waals surface area contributed by atoms with Crippen molar-refractivity contribution in [2.24, 2.45) is 10.2 Å². The van der Waals surface area contributed by atoms with Crippen molar-refractivity contribution < 1.29 is 13.0 Å². The molecule has 4 aromatic carbocycles. The summed E-state index contributed by atoms with van der Waals surface area (Å²) in [5.41, 5.74) is 5.35. The molecule has 0 atom stereocenters. The molecule has 7 nitrogen and oxygen atoms in total. The Balaban J connectivity index is 1.52. The Morgan fingerprint density at radius 3 is 2.11 bits per heavy atom. The van der Waals surface area contributed by atoms with Gasteiger partial charge in [-0.25, -0.2) is 0 Å². The van der Waals surface area contributed by atoms with Crippen LogP contribution >= 0.6 is 0 Å². The van der Waals surface area contributed by atoms with Gasteiger partial charge in [0.15, 0.2) is 0 Å². The SMILES string of the molecule is CNc1c(N=Nc2ccc(-c3ccccc3-c3ccccc3)nc2)cc(S(=O)(=O)O)c2ccccc12. The quantitative estimate of drug-likeness (QED) is 0.191. The number of nitrogens with one attached hydrogen (secondary N) is 1. The van der Waals surface area contributed by atoms with Gasteiger partial charge in [-0.1, -0.05) is 78.9 Å². The fourth-order valence-electron chi connectivity index (χ4n) is 4.18. The van der Waals surface area contributed by atoms with E-state index in [0.29, 0.717) is 22.1 Å². The summed E-state index contributed by atoms with van der Waals surface area (Å²) in [4.78, 5) is 4.37. The summed E-state index contributed by atoms with van der Waals surface area (Å²) in [5, 5.41) is 12.6. The maximum atomic E-state index is 12.0. The third kappa shape index (κ3) is 4.59. The maximum Gasteiger partial charge on any atom is 0.295 e. The summed E-state index contributed by atoms with van der Waals surface area (Å²) in [7, 11) is -2.75. The average Bonchev–Trinajstić information content (AvgIpc) is 2.91. The minimum atomic E-state index is -4.46. The van der Waals surface area contributed by atoms with Gasteiger partial charge < -0.3 is 5.32 Å².